The van der Waals surface area contributed by atoms with Gasteiger partial charge in [-0.2, -0.15) is 11.8 Å². The Morgan fingerprint density at radius 2 is 2.05 bits per heavy atom. The van der Waals surface area contributed by atoms with Crippen molar-refractivity contribution in [1.29, 1.82) is 0 Å². The number of nitrogens with zero attached hydrogens (tertiary/aromatic N) is 1. The van der Waals surface area contributed by atoms with E-state index in [1.165, 1.54) is 12.0 Å². The highest BCUT2D eigenvalue weighted by Crippen LogP contribution is 2.04. The van der Waals surface area contributed by atoms with Gasteiger partial charge in [0.15, 0.2) is 0 Å². The van der Waals surface area contributed by atoms with Gasteiger partial charge in [0.2, 0.25) is 5.91 Å². The number of methoxy groups -OCH3 is 1. The van der Waals surface area contributed by atoms with Crippen LogP contribution < -0.4 is 11.1 Å². The fourth-order valence-electron chi connectivity index (χ4n) is 1.40. The summed E-state index contributed by atoms with van der Waals surface area (Å²) in [6.45, 7) is 0.238. The second-order valence-corrected chi connectivity index (χ2v) is 4.91. The lowest BCUT2D eigenvalue weighted by molar-refractivity contribution is -0.141. The van der Waals surface area contributed by atoms with Crippen molar-refractivity contribution in [3.8, 4) is 0 Å². The van der Waals surface area contributed by atoms with Crippen molar-refractivity contribution in [2.75, 3.05) is 32.7 Å². The fraction of sp³-hybridized carbons (Fsp3) is 0.727. The first kappa shape index (κ1) is 17.6. The summed E-state index contributed by atoms with van der Waals surface area (Å²) < 4.78 is 4.50. The molecule has 0 heterocycles. The Labute approximate surface area is 117 Å². The van der Waals surface area contributed by atoms with Gasteiger partial charge >= 0.3 is 12.0 Å². The van der Waals surface area contributed by atoms with Crippen LogP contribution in [0, 0.1) is 0 Å². The molecule has 110 valence electrons. The number of urea groups is 1. The lowest BCUT2D eigenvalue weighted by atomic mass is 10.2. The number of rotatable bonds is 8. The van der Waals surface area contributed by atoms with Gasteiger partial charge in [-0.05, 0) is 18.4 Å². The largest absolute Gasteiger partial charge is 0.469 e. The molecule has 8 heteroatoms. The van der Waals surface area contributed by atoms with E-state index >= 15 is 0 Å². The molecule has 19 heavy (non-hydrogen) atoms. The van der Waals surface area contributed by atoms with Gasteiger partial charge in [-0.1, -0.05) is 0 Å². The average Bonchev–Trinajstić information content (AvgIpc) is 2.38. The minimum absolute atomic E-state index is 0.116. The van der Waals surface area contributed by atoms with E-state index in [0.717, 1.165) is 5.75 Å². The maximum absolute atomic E-state index is 12.1. The zero-order chi connectivity index (χ0) is 14.8. The molecular weight excluding hydrogens is 270 g/mol. The number of nitrogens with two attached hydrogens (primary N) is 1. The van der Waals surface area contributed by atoms with E-state index in [0.29, 0.717) is 6.42 Å². The van der Waals surface area contributed by atoms with Gasteiger partial charge in [-0.3, -0.25) is 9.59 Å². The summed E-state index contributed by atoms with van der Waals surface area (Å²) in [4.78, 5) is 35.3. The summed E-state index contributed by atoms with van der Waals surface area (Å²) in [5, 5.41) is 2.42. The highest BCUT2D eigenvalue weighted by molar-refractivity contribution is 7.98. The normalized spacial score (nSPS) is 11.5. The van der Waals surface area contributed by atoms with Gasteiger partial charge in [0.1, 0.15) is 6.04 Å². The molecule has 0 aromatic heterocycles. The first-order valence-corrected chi connectivity index (χ1v) is 7.18. The maximum Gasteiger partial charge on any atom is 0.312 e. The number of hydrogen-bond acceptors (Lipinski definition) is 5. The Bertz CT molecular complexity index is 325. The topological polar surface area (TPSA) is 102 Å². The van der Waals surface area contributed by atoms with Crippen LogP contribution in [0.15, 0.2) is 0 Å². The van der Waals surface area contributed by atoms with Gasteiger partial charge < -0.3 is 20.7 Å². The molecule has 0 fully saturated rings. The summed E-state index contributed by atoms with van der Waals surface area (Å²) in [5.74, 6) is 0.0709. The van der Waals surface area contributed by atoms with Gasteiger partial charge in [-0.15, -0.1) is 0 Å². The molecule has 0 bridgehead atoms. The molecule has 1 atom stereocenters. The Morgan fingerprint density at radius 3 is 2.53 bits per heavy atom. The summed E-state index contributed by atoms with van der Waals surface area (Å²) in [6.07, 6.45) is 2.52. The van der Waals surface area contributed by atoms with Crippen LogP contribution in [-0.4, -0.2) is 61.6 Å². The van der Waals surface area contributed by atoms with Gasteiger partial charge in [0.05, 0.1) is 13.5 Å². The molecule has 0 aromatic rings. The lowest BCUT2D eigenvalue weighted by Gasteiger charge is -2.23. The van der Waals surface area contributed by atoms with E-state index in [1.54, 1.807) is 18.8 Å². The zero-order valence-corrected chi connectivity index (χ0v) is 12.3. The van der Waals surface area contributed by atoms with E-state index in [2.05, 4.69) is 10.1 Å². The third-order valence-electron chi connectivity index (χ3n) is 2.48. The second kappa shape index (κ2) is 9.48. The third kappa shape index (κ3) is 7.55. The van der Waals surface area contributed by atoms with Crippen molar-refractivity contribution >= 4 is 29.7 Å². The summed E-state index contributed by atoms with van der Waals surface area (Å²) in [7, 11) is 2.86. The smallest absolute Gasteiger partial charge is 0.312 e. The molecular formula is C11H21N3O4S. The quantitative estimate of drug-likeness (QED) is 0.603. The van der Waals surface area contributed by atoms with Gasteiger partial charge in [-0.25, -0.2) is 4.79 Å². The minimum Gasteiger partial charge on any atom is -0.469 e. The number of likely N-dealkylation sites (N-methyl/N-ethyl adjacent to an activating group) is 1. The highest BCUT2D eigenvalue weighted by atomic mass is 32.2. The number of thioether (sulfide) groups is 1. The monoisotopic (exact) mass is 291 g/mol. The first-order valence-electron chi connectivity index (χ1n) is 5.79. The SMILES string of the molecule is COC(=O)CCN(C)C(=O)C(CCSC)NC(N)=O. The number of esters is 1. The predicted octanol–water partition coefficient (Wildman–Crippen LogP) is -0.202. The van der Waals surface area contributed by atoms with Crippen LogP contribution >= 0.6 is 11.8 Å². The van der Waals surface area contributed by atoms with Gasteiger partial charge in [0, 0.05) is 13.6 Å². The maximum atomic E-state index is 12.1. The van der Waals surface area contributed by atoms with Crippen LogP contribution in [0.3, 0.4) is 0 Å². The molecule has 3 N–H and O–H groups in total. The molecule has 0 aliphatic heterocycles. The Balaban J connectivity index is 4.41. The molecule has 7 nitrogen and oxygen atoms in total. The van der Waals surface area contributed by atoms with Crippen LogP contribution in [0.4, 0.5) is 4.79 Å². The highest BCUT2D eigenvalue weighted by Gasteiger charge is 2.23. The zero-order valence-electron chi connectivity index (χ0n) is 11.5. The summed E-state index contributed by atoms with van der Waals surface area (Å²) in [5.41, 5.74) is 5.05. The Morgan fingerprint density at radius 1 is 1.42 bits per heavy atom. The van der Waals surface area contributed by atoms with Crippen LogP contribution in [0.1, 0.15) is 12.8 Å². The van der Waals surface area contributed by atoms with E-state index < -0.39 is 12.1 Å². The molecule has 0 saturated carbocycles. The summed E-state index contributed by atoms with van der Waals surface area (Å²) in [6, 6.07) is -1.39. The summed E-state index contributed by atoms with van der Waals surface area (Å²) >= 11 is 1.57. The van der Waals surface area contributed by atoms with Crippen molar-refractivity contribution in [2.45, 2.75) is 18.9 Å². The average molecular weight is 291 g/mol. The molecule has 1 unspecified atom stereocenters. The first-order chi connectivity index (χ1) is 8.92. The molecule has 0 aliphatic carbocycles. The number of amides is 3. The standard InChI is InChI=1S/C11H21N3O4S/c1-14(6-4-9(15)18-2)10(16)8(5-7-19-3)13-11(12)17/h8H,4-7H2,1-3H3,(H3,12,13,17). The fourth-order valence-corrected chi connectivity index (χ4v) is 1.87. The van der Waals surface area contributed by atoms with Crippen molar-refractivity contribution in [3.05, 3.63) is 0 Å². The number of carbonyl (C=O) groups is 3. The number of hydrogen-bond donors (Lipinski definition) is 2. The number of nitrogens with one attached hydrogen (secondary N) is 1. The van der Waals surface area contributed by atoms with Crippen LogP contribution in [0.2, 0.25) is 0 Å². The number of carbonyl (C=O) groups excluding carboxylic acids is 3. The van der Waals surface area contributed by atoms with Crippen molar-refractivity contribution in [3.63, 3.8) is 0 Å². The van der Waals surface area contributed by atoms with E-state index in [-0.39, 0.29) is 24.8 Å². The second-order valence-electron chi connectivity index (χ2n) is 3.93. The molecule has 0 radical (unpaired) electrons. The molecule has 0 saturated heterocycles. The Kier molecular flexibility index (Phi) is 8.77. The van der Waals surface area contributed by atoms with Gasteiger partial charge in [0.25, 0.3) is 0 Å². The minimum atomic E-state index is -0.735. The molecule has 0 aromatic carbocycles. The van der Waals surface area contributed by atoms with Crippen LogP contribution in [-0.2, 0) is 14.3 Å². The number of ether oxygens (including phenoxy) is 1. The van der Waals surface area contributed by atoms with E-state index in [4.69, 9.17) is 5.73 Å². The number of primary amides is 1. The van der Waals surface area contributed by atoms with Crippen LogP contribution in [0.5, 0.6) is 0 Å². The predicted molar refractivity (Wildman–Crippen MR) is 73.8 cm³/mol. The molecule has 3 amide bonds. The molecule has 0 rings (SSSR count). The van der Waals surface area contributed by atoms with Crippen molar-refractivity contribution in [1.82, 2.24) is 10.2 Å². The Hall–Kier alpha value is -1.44. The van der Waals surface area contributed by atoms with Crippen molar-refractivity contribution < 1.29 is 19.1 Å². The lowest BCUT2D eigenvalue weighted by Crippen LogP contribution is -2.49. The molecule has 0 spiro atoms. The van der Waals surface area contributed by atoms with E-state index in [1.807, 2.05) is 6.26 Å². The van der Waals surface area contributed by atoms with Crippen LogP contribution in [0.25, 0.3) is 0 Å². The van der Waals surface area contributed by atoms with Crippen molar-refractivity contribution in [2.24, 2.45) is 5.73 Å². The van der Waals surface area contributed by atoms with E-state index in [9.17, 15) is 14.4 Å². The molecule has 0 aliphatic rings. The third-order valence-corrected chi connectivity index (χ3v) is 3.12.